The van der Waals surface area contributed by atoms with E-state index in [2.05, 4.69) is 56.3 Å². The van der Waals surface area contributed by atoms with Crippen LogP contribution in [0.4, 0.5) is 5.69 Å². The third-order valence-corrected chi connectivity index (χ3v) is 3.58. The van der Waals surface area contributed by atoms with Crippen molar-refractivity contribution in [1.29, 1.82) is 0 Å². The fourth-order valence-corrected chi connectivity index (χ4v) is 2.41. The van der Waals surface area contributed by atoms with Crippen LogP contribution in [0, 0.1) is 0 Å². The van der Waals surface area contributed by atoms with Gasteiger partial charge in [0.25, 0.3) is 0 Å². The zero-order valence-electron chi connectivity index (χ0n) is 11.1. The molecule has 18 heavy (non-hydrogen) atoms. The highest BCUT2D eigenvalue weighted by molar-refractivity contribution is 5.40. The summed E-state index contributed by atoms with van der Waals surface area (Å²) in [6, 6.07) is 19.0. The Morgan fingerprint density at radius 1 is 0.778 bits per heavy atom. The van der Waals surface area contributed by atoms with Gasteiger partial charge in [-0.1, -0.05) is 56.3 Å². The maximum atomic E-state index is 5.72. The van der Waals surface area contributed by atoms with Crippen molar-refractivity contribution in [3.63, 3.8) is 0 Å². The number of hydrogen-bond acceptors (Lipinski definition) is 1. The summed E-state index contributed by atoms with van der Waals surface area (Å²) < 4.78 is 0. The summed E-state index contributed by atoms with van der Waals surface area (Å²) in [4.78, 5) is 0. The second-order valence-corrected chi connectivity index (χ2v) is 5.12. The molecule has 0 aliphatic rings. The molecule has 2 atom stereocenters. The lowest BCUT2D eigenvalue weighted by Gasteiger charge is -2.18. The Labute approximate surface area is 110 Å². The molecular weight excluding hydrogens is 218 g/mol. The molecule has 0 aliphatic heterocycles. The molecule has 0 fully saturated rings. The van der Waals surface area contributed by atoms with Gasteiger partial charge in [-0.3, -0.25) is 0 Å². The number of nitrogen functional groups attached to an aromatic ring is 1. The maximum Gasteiger partial charge on any atom is 0.0314 e. The van der Waals surface area contributed by atoms with Gasteiger partial charge >= 0.3 is 0 Å². The molecule has 0 aliphatic carbocycles. The van der Waals surface area contributed by atoms with Gasteiger partial charge in [0.05, 0.1) is 0 Å². The van der Waals surface area contributed by atoms with Crippen LogP contribution >= 0.6 is 0 Å². The molecule has 1 nitrogen and oxygen atoms in total. The van der Waals surface area contributed by atoms with Crippen LogP contribution < -0.4 is 5.73 Å². The van der Waals surface area contributed by atoms with Gasteiger partial charge in [-0.25, -0.2) is 0 Å². The average molecular weight is 239 g/mol. The Balaban J connectivity index is 2.03. The van der Waals surface area contributed by atoms with Crippen LogP contribution in [0.5, 0.6) is 0 Å². The van der Waals surface area contributed by atoms with E-state index in [-0.39, 0.29) is 0 Å². The first-order chi connectivity index (χ1) is 8.66. The number of nitrogens with two attached hydrogens (primary N) is 1. The second kappa shape index (κ2) is 5.72. The van der Waals surface area contributed by atoms with Crippen LogP contribution in [0.15, 0.2) is 54.6 Å². The number of hydrogen-bond donors (Lipinski definition) is 1. The molecule has 2 N–H and O–H groups in total. The van der Waals surface area contributed by atoms with Gasteiger partial charge in [0.1, 0.15) is 0 Å². The summed E-state index contributed by atoms with van der Waals surface area (Å²) in [6.45, 7) is 4.58. The predicted molar refractivity (Wildman–Crippen MR) is 78.7 cm³/mol. The van der Waals surface area contributed by atoms with E-state index >= 15 is 0 Å². The molecule has 2 aromatic carbocycles. The Hall–Kier alpha value is -1.76. The van der Waals surface area contributed by atoms with E-state index in [1.165, 1.54) is 11.1 Å². The van der Waals surface area contributed by atoms with Gasteiger partial charge in [-0.15, -0.1) is 0 Å². The SMILES string of the molecule is CC(CC(C)c1ccc(N)cc1)c1ccccc1. The van der Waals surface area contributed by atoms with E-state index in [9.17, 15) is 0 Å². The zero-order chi connectivity index (χ0) is 13.0. The Morgan fingerprint density at radius 3 is 1.83 bits per heavy atom. The van der Waals surface area contributed by atoms with E-state index in [1.807, 2.05) is 12.1 Å². The lowest BCUT2D eigenvalue weighted by molar-refractivity contribution is 0.593. The smallest absolute Gasteiger partial charge is 0.0314 e. The Kier molecular flexibility index (Phi) is 4.03. The molecule has 0 saturated carbocycles. The molecule has 0 spiro atoms. The quantitative estimate of drug-likeness (QED) is 0.777. The summed E-state index contributed by atoms with van der Waals surface area (Å²) in [7, 11) is 0. The molecule has 2 unspecified atom stereocenters. The highest BCUT2D eigenvalue weighted by Gasteiger charge is 2.12. The van der Waals surface area contributed by atoms with Crippen LogP contribution in [0.25, 0.3) is 0 Å². The first-order valence-corrected chi connectivity index (χ1v) is 6.57. The predicted octanol–water partition coefficient (Wildman–Crippen LogP) is 4.57. The van der Waals surface area contributed by atoms with Crippen LogP contribution in [0.3, 0.4) is 0 Å². The molecule has 0 heterocycles. The third-order valence-electron chi connectivity index (χ3n) is 3.58. The molecule has 0 saturated heterocycles. The van der Waals surface area contributed by atoms with Gasteiger partial charge in [-0.2, -0.15) is 0 Å². The minimum absolute atomic E-state index is 0.556. The van der Waals surface area contributed by atoms with Crippen molar-refractivity contribution in [2.45, 2.75) is 32.1 Å². The number of rotatable bonds is 4. The van der Waals surface area contributed by atoms with Gasteiger partial charge in [0.15, 0.2) is 0 Å². The lowest BCUT2D eigenvalue weighted by atomic mass is 9.87. The van der Waals surface area contributed by atoms with Crippen LogP contribution in [0.2, 0.25) is 0 Å². The molecule has 0 aromatic heterocycles. The molecule has 1 heteroatoms. The van der Waals surface area contributed by atoms with E-state index in [0.29, 0.717) is 11.8 Å². The molecule has 0 amide bonds. The fraction of sp³-hybridized carbons (Fsp3) is 0.294. The van der Waals surface area contributed by atoms with E-state index < -0.39 is 0 Å². The first-order valence-electron chi connectivity index (χ1n) is 6.57. The van der Waals surface area contributed by atoms with Gasteiger partial charge in [0.2, 0.25) is 0 Å². The van der Waals surface area contributed by atoms with Crippen molar-refractivity contribution in [3.05, 3.63) is 65.7 Å². The van der Waals surface area contributed by atoms with E-state index in [1.54, 1.807) is 0 Å². The molecule has 0 radical (unpaired) electrons. The van der Waals surface area contributed by atoms with Crippen molar-refractivity contribution in [1.82, 2.24) is 0 Å². The van der Waals surface area contributed by atoms with Crippen molar-refractivity contribution in [2.24, 2.45) is 0 Å². The minimum Gasteiger partial charge on any atom is -0.399 e. The number of benzene rings is 2. The highest BCUT2D eigenvalue weighted by atomic mass is 14.5. The van der Waals surface area contributed by atoms with Gasteiger partial charge in [-0.05, 0) is 41.5 Å². The third kappa shape index (κ3) is 3.13. The Morgan fingerprint density at radius 2 is 1.28 bits per heavy atom. The topological polar surface area (TPSA) is 26.0 Å². The van der Waals surface area contributed by atoms with Crippen LogP contribution in [0.1, 0.15) is 43.2 Å². The maximum absolute atomic E-state index is 5.72. The zero-order valence-corrected chi connectivity index (χ0v) is 11.1. The number of anilines is 1. The normalized spacial score (nSPS) is 14.1. The van der Waals surface area contributed by atoms with Gasteiger partial charge in [0, 0.05) is 5.69 Å². The Bertz CT molecular complexity index is 473. The standard InChI is InChI=1S/C17H21N/c1-13(15-6-4-3-5-7-15)12-14(2)16-8-10-17(18)11-9-16/h3-11,13-14H,12,18H2,1-2H3. The van der Waals surface area contributed by atoms with E-state index in [4.69, 9.17) is 5.73 Å². The first kappa shape index (κ1) is 12.7. The van der Waals surface area contributed by atoms with E-state index in [0.717, 1.165) is 12.1 Å². The van der Waals surface area contributed by atoms with Gasteiger partial charge < -0.3 is 5.73 Å². The van der Waals surface area contributed by atoms with Crippen molar-refractivity contribution >= 4 is 5.69 Å². The second-order valence-electron chi connectivity index (χ2n) is 5.12. The van der Waals surface area contributed by atoms with Crippen molar-refractivity contribution in [2.75, 3.05) is 5.73 Å². The summed E-state index contributed by atoms with van der Waals surface area (Å²) >= 11 is 0. The van der Waals surface area contributed by atoms with Crippen LogP contribution in [-0.4, -0.2) is 0 Å². The molecule has 2 rings (SSSR count). The summed E-state index contributed by atoms with van der Waals surface area (Å²) in [5.41, 5.74) is 9.34. The molecule has 0 bridgehead atoms. The summed E-state index contributed by atoms with van der Waals surface area (Å²) in [5.74, 6) is 1.14. The summed E-state index contributed by atoms with van der Waals surface area (Å²) in [6.07, 6.45) is 1.16. The van der Waals surface area contributed by atoms with Crippen molar-refractivity contribution in [3.8, 4) is 0 Å². The minimum atomic E-state index is 0.556. The largest absolute Gasteiger partial charge is 0.399 e. The fourth-order valence-electron chi connectivity index (χ4n) is 2.41. The summed E-state index contributed by atoms with van der Waals surface area (Å²) in [5, 5.41) is 0. The highest BCUT2D eigenvalue weighted by Crippen LogP contribution is 2.29. The molecule has 2 aromatic rings. The average Bonchev–Trinajstić information content (AvgIpc) is 2.40. The molecular formula is C17H21N. The lowest BCUT2D eigenvalue weighted by Crippen LogP contribution is -2.01. The molecule has 94 valence electrons. The monoisotopic (exact) mass is 239 g/mol. The van der Waals surface area contributed by atoms with Crippen molar-refractivity contribution < 1.29 is 0 Å². The van der Waals surface area contributed by atoms with Crippen LogP contribution in [-0.2, 0) is 0 Å².